The molecule has 1 fully saturated rings. The van der Waals surface area contributed by atoms with E-state index in [9.17, 15) is 0 Å². The van der Waals surface area contributed by atoms with E-state index < -0.39 is 0 Å². The van der Waals surface area contributed by atoms with Crippen molar-refractivity contribution in [3.05, 3.63) is 29.8 Å². The molecule has 0 bridgehead atoms. The molecule has 0 spiro atoms. The smallest absolute Gasteiger partial charge is 0.0361 e. The molecule has 1 aliphatic heterocycles. The molecule has 2 rings (SSSR count). The molecule has 1 aromatic carbocycles. The van der Waals surface area contributed by atoms with Gasteiger partial charge in [0.05, 0.1) is 0 Å². The average molecular weight is 261 g/mol. The minimum absolute atomic E-state index is 0.433. The van der Waals surface area contributed by atoms with Crippen LogP contribution >= 0.6 is 0 Å². The lowest BCUT2D eigenvalue weighted by Gasteiger charge is -2.19. The number of anilines is 1. The van der Waals surface area contributed by atoms with Crippen molar-refractivity contribution >= 4 is 5.69 Å². The molecule has 0 amide bonds. The summed E-state index contributed by atoms with van der Waals surface area (Å²) >= 11 is 0. The van der Waals surface area contributed by atoms with Crippen LogP contribution in [0.25, 0.3) is 0 Å². The van der Waals surface area contributed by atoms with Crippen LogP contribution in [0.4, 0.5) is 5.69 Å². The fourth-order valence-electron chi connectivity index (χ4n) is 2.72. The van der Waals surface area contributed by atoms with Crippen LogP contribution in [0.15, 0.2) is 24.3 Å². The SMILES string of the molecule is CC(NCC1CCN(C)C1)c1ccc(N(C)C)cc1. The topological polar surface area (TPSA) is 18.5 Å². The van der Waals surface area contributed by atoms with Crippen LogP contribution < -0.4 is 10.2 Å². The van der Waals surface area contributed by atoms with Crippen molar-refractivity contribution < 1.29 is 0 Å². The summed E-state index contributed by atoms with van der Waals surface area (Å²) in [5.41, 5.74) is 2.63. The van der Waals surface area contributed by atoms with Crippen LogP contribution in [0, 0.1) is 5.92 Å². The van der Waals surface area contributed by atoms with Gasteiger partial charge < -0.3 is 15.1 Å². The molecule has 19 heavy (non-hydrogen) atoms. The van der Waals surface area contributed by atoms with Gasteiger partial charge in [-0.2, -0.15) is 0 Å². The second-order valence-corrected chi connectivity index (χ2v) is 6.03. The lowest BCUT2D eigenvalue weighted by atomic mass is 10.1. The zero-order valence-electron chi connectivity index (χ0n) is 12.7. The van der Waals surface area contributed by atoms with E-state index in [-0.39, 0.29) is 0 Å². The minimum Gasteiger partial charge on any atom is -0.378 e. The zero-order chi connectivity index (χ0) is 13.8. The normalized spacial score (nSPS) is 21.6. The van der Waals surface area contributed by atoms with E-state index >= 15 is 0 Å². The monoisotopic (exact) mass is 261 g/mol. The standard InChI is InChI=1S/C16H27N3/c1-13(17-11-14-9-10-19(4)12-14)15-5-7-16(8-6-15)18(2)3/h5-8,13-14,17H,9-12H2,1-4H3. The molecule has 1 saturated heterocycles. The summed E-state index contributed by atoms with van der Waals surface area (Å²) in [5.74, 6) is 0.813. The Morgan fingerprint density at radius 1 is 1.32 bits per heavy atom. The number of nitrogens with zero attached hydrogens (tertiary/aromatic N) is 2. The predicted octanol–water partition coefficient (Wildman–Crippen LogP) is 2.35. The van der Waals surface area contributed by atoms with Crippen LogP contribution in [0.5, 0.6) is 0 Å². The van der Waals surface area contributed by atoms with E-state index in [1.807, 2.05) is 0 Å². The Morgan fingerprint density at radius 2 is 2.00 bits per heavy atom. The second kappa shape index (κ2) is 6.40. The highest BCUT2D eigenvalue weighted by Gasteiger charge is 2.19. The van der Waals surface area contributed by atoms with E-state index in [1.54, 1.807) is 0 Å². The van der Waals surface area contributed by atoms with Gasteiger partial charge in [0.15, 0.2) is 0 Å². The summed E-state index contributed by atoms with van der Waals surface area (Å²) in [6.07, 6.45) is 1.33. The quantitative estimate of drug-likeness (QED) is 0.878. The van der Waals surface area contributed by atoms with Gasteiger partial charge in [-0.1, -0.05) is 12.1 Å². The molecule has 0 aromatic heterocycles. The maximum atomic E-state index is 3.67. The zero-order valence-corrected chi connectivity index (χ0v) is 12.7. The highest BCUT2D eigenvalue weighted by molar-refractivity contribution is 5.46. The fourth-order valence-corrected chi connectivity index (χ4v) is 2.72. The van der Waals surface area contributed by atoms with Crippen molar-refractivity contribution in [3.8, 4) is 0 Å². The molecule has 0 radical (unpaired) electrons. The largest absolute Gasteiger partial charge is 0.378 e. The van der Waals surface area contributed by atoms with E-state index in [0.717, 1.165) is 12.5 Å². The molecule has 0 aliphatic carbocycles. The third-order valence-corrected chi connectivity index (χ3v) is 4.11. The summed E-state index contributed by atoms with van der Waals surface area (Å²) in [7, 11) is 6.37. The summed E-state index contributed by atoms with van der Waals surface area (Å²) in [4.78, 5) is 4.55. The van der Waals surface area contributed by atoms with Crippen molar-refractivity contribution in [1.29, 1.82) is 0 Å². The van der Waals surface area contributed by atoms with Crippen LogP contribution in [-0.4, -0.2) is 45.7 Å². The highest BCUT2D eigenvalue weighted by atomic mass is 15.1. The lowest BCUT2D eigenvalue weighted by Crippen LogP contribution is -2.27. The lowest BCUT2D eigenvalue weighted by molar-refractivity contribution is 0.382. The molecule has 1 aliphatic rings. The third kappa shape index (κ3) is 3.95. The van der Waals surface area contributed by atoms with Gasteiger partial charge in [-0.3, -0.25) is 0 Å². The Balaban J connectivity index is 1.83. The van der Waals surface area contributed by atoms with Gasteiger partial charge in [-0.05, 0) is 57.1 Å². The minimum atomic E-state index is 0.433. The molecule has 2 unspecified atom stereocenters. The van der Waals surface area contributed by atoms with Crippen LogP contribution in [0.3, 0.4) is 0 Å². The van der Waals surface area contributed by atoms with Gasteiger partial charge in [0, 0.05) is 32.4 Å². The van der Waals surface area contributed by atoms with Crippen molar-refractivity contribution in [2.45, 2.75) is 19.4 Å². The summed E-state index contributed by atoms with van der Waals surface area (Å²) in [6, 6.07) is 9.28. The molecular formula is C16H27N3. The van der Waals surface area contributed by atoms with Gasteiger partial charge in [0.25, 0.3) is 0 Å². The highest BCUT2D eigenvalue weighted by Crippen LogP contribution is 2.19. The molecular weight excluding hydrogens is 234 g/mol. The van der Waals surface area contributed by atoms with Gasteiger partial charge in [0.1, 0.15) is 0 Å². The first-order chi connectivity index (χ1) is 9.06. The van der Waals surface area contributed by atoms with E-state index in [4.69, 9.17) is 0 Å². The van der Waals surface area contributed by atoms with Crippen molar-refractivity contribution in [3.63, 3.8) is 0 Å². The van der Waals surface area contributed by atoms with E-state index in [1.165, 1.54) is 30.8 Å². The third-order valence-electron chi connectivity index (χ3n) is 4.11. The van der Waals surface area contributed by atoms with Crippen molar-refractivity contribution in [1.82, 2.24) is 10.2 Å². The Labute approximate surface area is 117 Å². The Hall–Kier alpha value is -1.06. The number of benzene rings is 1. The summed E-state index contributed by atoms with van der Waals surface area (Å²) in [5, 5.41) is 3.67. The molecule has 1 N–H and O–H groups in total. The molecule has 1 aromatic rings. The maximum absolute atomic E-state index is 3.67. The van der Waals surface area contributed by atoms with Crippen molar-refractivity contribution in [2.24, 2.45) is 5.92 Å². The van der Waals surface area contributed by atoms with Crippen molar-refractivity contribution in [2.75, 3.05) is 45.7 Å². The first kappa shape index (κ1) is 14.4. The molecule has 0 saturated carbocycles. The first-order valence-corrected chi connectivity index (χ1v) is 7.25. The average Bonchev–Trinajstić information content (AvgIpc) is 2.82. The molecule has 3 nitrogen and oxygen atoms in total. The molecule has 106 valence electrons. The maximum Gasteiger partial charge on any atom is 0.0361 e. The van der Waals surface area contributed by atoms with Gasteiger partial charge in [0.2, 0.25) is 0 Å². The van der Waals surface area contributed by atoms with E-state index in [0.29, 0.717) is 6.04 Å². The summed E-state index contributed by atoms with van der Waals surface area (Å²) < 4.78 is 0. The number of nitrogens with one attached hydrogen (secondary N) is 1. The van der Waals surface area contributed by atoms with Gasteiger partial charge >= 0.3 is 0 Å². The molecule has 2 atom stereocenters. The fraction of sp³-hybridized carbons (Fsp3) is 0.625. The van der Waals surface area contributed by atoms with Crippen LogP contribution in [0.1, 0.15) is 24.9 Å². The van der Waals surface area contributed by atoms with Crippen LogP contribution in [0.2, 0.25) is 0 Å². The number of hydrogen-bond donors (Lipinski definition) is 1. The molecule has 1 heterocycles. The first-order valence-electron chi connectivity index (χ1n) is 7.25. The Bertz CT molecular complexity index is 385. The second-order valence-electron chi connectivity index (χ2n) is 6.03. The number of hydrogen-bond acceptors (Lipinski definition) is 3. The number of likely N-dealkylation sites (tertiary alicyclic amines) is 1. The van der Waals surface area contributed by atoms with E-state index in [2.05, 4.69) is 67.4 Å². The van der Waals surface area contributed by atoms with Gasteiger partial charge in [-0.15, -0.1) is 0 Å². The summed E-state index contributed by atoms with van der Waals surface area (Å²) in [6.45, 7) is 5.86. The Kier molecular flexibility index (Phi) is 4.83. The number of rotatable bonds is 5. The molecule has 3 heteroatoms. The van der Waals surface area contributed by atoms with Gasteiger partial charge in [-0.25, -0.2) is 0 Å². The Morgan fingerprint density at radius 3 is 2.53 bits per heavy atom. The predicted molar refractivity (Wildman–Crippen MR) is 82.8 cm³/mol. The van der Waals surface area contributed by atoms with Crippen LogP contribution in [-0.2, 0) is 0 Å².